The number of aryl methyl sites for hydroxylation is 2. The maximum Gasteiger partial charge on any atom is 0.233 e. The van der Waals surface area contributed by atoms with Gasteiger partial charge in [-0.3, -0.25) is 9.36 Å². The van der Waals surface area contributed by atoms with Gasteiger partial charge in [0.25, 0.3) is 0 Å². The Kier molecular flexibility index (Phi) is 5.78. The van der Waals surface area contributed by atoms with E-state index in [9.17, 15) is 4.79 Å². The highest BCUT2D eigenvalue weighted by molar-refractivity contribution is 7.99. The SMILES string of the molecule is CCc1ccc(-n2c(C)nnc2SCC(=O)N2CCCC[C@@H]2C)cc1. The highest BCUT2D eigenvalue weighted by atomic mass is 32.2. The highest BCUT2D eigenvalue weighted by Gasteiger charge is 2.24. The zero-order chi connectivity index (χ0) is 17.8. The molecule has 1 saturated heterocycles. The average molecular weight is 359 g/mol. The lowest BCUT2D eigenvalue weighted by atomic mass is 10.0. The Morgan fingerprint density at radius 1 is 1.24 bits per heavy atom. The molecule has 0 bridgehead atoms. The van der Waals surface area contributed by atoms with E-state index in [1.807, 2.05) is 16.4 Å². The van der Waals surface area contributed by atoms with E-state index >= 15 is 0 Å². The van der Waals surface area contributed by atoms with Crippen LogP contribution < -0.4 is 0 Å². The van der Waals surface area contributed by atoms with E-state index in [2.05, 4.69) is 48.3 Å². The number of nitrogens with zero attached hydrogens (tertiary/aromatic N) is 4. The number of carbonyl (C=O) groups excluding carboxylic acids is 1. The number of piperidine rings is 1. The summed E-state index contributed by atoms with van der Waals surface area (Å²) in [5.41, 5.74) is 2.35. The monoisotopic (exact) mass is 358 g/mol. The fourth-order valence-electron chi connectivity index (χ4n) is 3.29. The van der Waals surface area contributed by atoms with Crippen LogP contribution in [0.5, 0.6) is 0 Å². The molecule has 2 aromatic rings. The van der Waals surface area contributed by atoms with Crippen LogP contribution >= 0.6 is 11.8 Å². The molecule has 0 unspecified atom stereocenters. The van der Waals surface area contributed by atoms with E-state index in [0.717, 1.165) is 42.5 Å². The molecule has 1 aromatic carbocycles. The van der Waals surface area contributed by atoms with E-state index < -0.39 is 0 Å². The number of hydrogen-bond donors (Lipinski definition) is 0. The van der Waals surface area contributed by atoms with E-state index in [-0.39, 0.29) is 5.91 Å². The van der Waals surface area contributed by atoms with Crippen LogP contribution in [0, 0.1) is 6.92 Å². The Morgan fingerprint density at radius 2 is 2.00 bits per heavy atom. The van der Waals surface area contributed by atoms with Crippen molar-refractivity contribution in [3.8, 4) is 5.69 Å². The van der Waals surface area contributed by atoms with Crippen LogP contribution in [0.4, 0.5) is 0 Å². The van der Waals surface area contributed by atoms with Crippen molar-refractivity contribution < 1.29 is 4.79 Å². The molecule has 25 heavy (non-hydrogen) atoms. The fourth-order valence-corrected chi connectivity index (χ4v) is 4.18. The van der Waals surface area contributed by atoms with Crippen molar-refractivity contribution in [2.24, 2.45) is 0 Å². The van der Waals surface area contributed by atoms with Crippen LogP contribution in [-0.4, -0.2) is 43.9 Å². The first-order valence-corrected chi connectivity index (χ1v) is 10.0. The molecule has 5 nitrogen and oxygen atoms in total. The molecule has 2 heterocycles. The maximum absolute atomic E-state index is 12.6. The smallest absolute Gasteiger partial charge is 0.233 e. The van der Waals surface area contributed by atoms with Crippen molar-refractivity contribution in [3.05, 3.63) is 35.7 Å². The number of likely N-dealkylation sites (tertiary alicyclic amines) is 1. The third-order valence-corrected chi connectivity index (χ3v) is 5.76. The van der Waals surface area contributed by atoms with Crippen molar-refractivity contribution in [1.29, 1.82) is 0 Å². The maximum atomic E-state index is 12.6. The molecule has 3 rings (SSSR count). The van der Waals surface area contributed by atoms with Crippen LogP contribution in [0.3, 0.4) is 0 Å². The van der Waals surface area contributed by atoms with Crippen molar-refractivity contribution in [1.82, 2.24) is 19.7 Å². The lowest BCUT2D eigenvalue weighted by Gasteiger charge is -2.33. The number of rotatable bonds is 5. The topological polar surface area (TPSA) is 51.0 Å². The fraction of sp³-hybridized carbons (Fsp3) is 0.526. The summed E-state index contributed by atoms with van der Waals surface area (Å²) in [6.07, 6.45) is 4.46. The standard InChI is InChI=1S/C19H26N4OS/c1-4-16-8-10-17(11-9-16)23-15(3)20-21-19(23)25-13-18(24)22-12-6-5-7-14(22)2/h8-11,14H,4-7,12-13H2,1-3H3/t14-/m0/s1. The Labute approximate surface area is 153 Å². The van der Waals surface area contributed by atoms with Gasteiger partial charge in [0.15, 0.2) is 5.16 Å². The molecule has 1 fully saturated rings. The largest absolute Gasteiger partial charge is 0.339 e. The van der Waals surface area contributed by atoms with E-state index in [1.165, 1.54) is 23.7 Å². The molecular weight excluding hydrogens is 332 g/mol. The molecule has 0 radical (unpaired) electrons. The second kappa shape index (κ2) is 8.04. The van der Waals surface area contributed by atoms with Crippen molar-refractivity contribution in [3.63, 3.8) is 0 Å². The summed E-state index contributed by atoms with van der Waals surface area (Å²) in [7, 11) is 0. The molecule has 1 aromatic heterocycles. The lowest BCUT2D eigenvalue weighted by Crippen LogP contribution is -2.42. The molecule has 0 aliphatic carbocycles. The predicted molar refractivity (Wildman–Crippen MR) is 101 cm³/mol. The van der Waals surface area contributed by atoms with Crippen molar-refractivity contribution >= 4 is 17.7 Å². The van der Waals surface area contributed by atoms with E-state index in [1.54, 1.807) is 0 Å². The van der Waals surface area contributed by atoms with Gasteiger partial charge in [0.05, 0.1) is 5.75 Å². The summed E-state index contributed by atoms with van der Waals surface area (Å²) in [4.78, 5) is 14.6. The molecule has 1 amide bonds. The summed E-state index contributed by atoms with van der Waals surface area (Å²) in [5.74, 6) is 1.45. The van der Waals surface area contributed by atoms with E-state index in [0.29, 0.717) is 11.8 Å². The van der Waals surface area contributed by atoms with Crippen LogP contribution in [0.2, 0.25) is 0 Å². The van der Waals surface area contributed by atoms with Gasteiger partial charge in [-0.1, -0.05) is 30.8 Å². The third kappa shape index (κ3) is 4.06. The summed E-state index contributed by atoms with van der Waals surface area (Å²) >= 11 is 1.47. The Morgan fingerprint density at radius 3 is 2.68 bits per heavy atom. The Bertz CT molecular complexity index is 726. The predicted octanol–water partition coefficient (Wildman–Crippen LogP) is 3.63. The molecule has 134 valence electrons. The number of amides is 1. The molecule has 1 aliphatic heterocycles. The summed E-state index contributed by atoms with van der Waals surface area (Å²) in [5, 5.41) is 9.26. The minimum atomic E-state index is 0.200. The normalized spacial score (nSPS) is 17.7. The molecular formula is C19H26N4OS. The first kappa shape index (κ1) is 18.0. The first-order chi connectivity index (χ1) is 12.1. The minimum Gasteiger partial charge on any atom is -0.339 e. The van der Waals surface area contributed by atoms with Gasteiger partial charge >= 0.3 is 0 Å². The van der Waals surface area contributed by atoms with Gasteiger partial charge in [-0.25, -0.2) is 0 Å². The molecule has 0 N–H and O–H groups in total. The minimum absolute atomic E-state index is 0.200. The number of carbonyl (C=O) groups is 1. The zero-order valence-electron chi connectivity index (χ0n) is 15.2. The summed E-state index contributed by atoms with van der Waals surface area (Å²) in [6, 6.07) is 8.79. The van der Waals surface area contributed by atoms with Gasteiger partial charge in [-0.2, -0.15) is 0 Å². The van der Waals surface area contributed by atoms with E-state index in [4.69, 9.17) is 0 Å². The Hall–Kier alpha value is -1.82. The number of thioether (sulfide) groups is 1. The lowest BCUT2D eigenvalue weighted by molar-refractivity contribution is -0.131. The highest BCUT2D eigenvalue weighted by Crippen LogP contribution is 2.24. The molecule has 1 aliphatic rings. The molecule has 6 heteroatoms. The summed E-state index contributed by atoms with van der Waals surface area (Å²) < 4.78 is 2.02. The van der Waals surface area contributed by atoms with Crippen molar-refractivity contribution in [2.45, 2.75) is 57.7 Å². The van der Waals surface area contributed by atoms with Crippen molar-refractivity contribution in [2.75, 3.05) is 12.3 Å². The quantitative estimate of drug-likeness (QED) is 0.766. The number of benzene rings is 1. The Balaban J connectivity index is 1.72. The van der Waals surface area contributed by atoms with Gasteiger partial charge in [-0.05, 0) is 57.2 Å². The third-order valence-electron chi connectivity index (χ3n) is 4.85. The molecule has 0 spiro atoms. The van der Waals surface area contributed by atoms with Gasteiger partial charge in [0.2, 0.25) is 5.91 Å². The second-order valence-electron chi connectivity index (χ2n) is 6.61. The summed E-state index contributed by atoms with van der Waals surface area (Å²) in [6.45, 7) is 7.11. The zero-order valence-corrected chi connectivity index (χ0v) is 16.1. The average Bonchev–Trinajstić information content (AvgIpc) is 3.00. The number of hydrogen-bond acceptors (Lipinski definition) is 4. The van der Waals surface area contributed by atoms with Crippen LogP contribution in [-0.2, 0) is 11.2 Å². The van der Waals surface area contributed by atoms with Gasteiger partial charge in [0.1, 0.15) is 5.82 Å². The molecule has 1 atom stereocenters. The van der Waals surface area contributed by atoms with Gasteiger partial charge in [0, 0.05) is 18.3 Å². The van der Waals surface area contributed by atoms with Crippen LogP contribution in [0.15, 0.2) is 29.4 Å². The second-order valence-corrected chi connectivity index (χ2v) is 7.55. The van der Waals surface area contributed by atoms with Gasteiger partial charge in [-0.15, -0.1) is 10.2 Å². The van der Waals surface area contributed by atoms with Crippen LogP contribution in [0.25, 0.3) is 5.69 Å². The van der Waals surface area contributed by atoms with Gasteiger partial charge < -0.3 is 4.90 Å². The first-order valence-electron chi connectivity index (χ1n) is 9.03. The molecule has 0 saturated carbocycles. The number of aromatic nitrogens is 3. The van der Waals surface area contributed by atoms with Crippen LogP contribution in [0.1, 0.15) is 44.5 Å².